The molecule has 1 heterocycles. The molecule has 0 bridgehead atoms. The molecule has 1 atom stereocenters. The number of furan rings is 1. The highest BCUT2D eigenvalue weighted by atomic mass is 32.2. The highest BCUT2D eigenvalue weighted by Crippen LogP contribution is 2.15. The van der Waals surface area contributed by atoms with Crippen molar-refractivity contribution in [1.29, 1.82) is 0 Å². The van der Waals surface area contributed by atoms with E-state index in [2.05, 4.69) is 19.2 Å². The van der Waals surface area contributed by atoms with Crippen molar-refractivity contribution < 1.29 is 4.42 Å². The smallest absolute Gasteiger partial charge is 0.113 e. The van der Waals surface area contributed by atoms with Crippen LogP contribution < -0.4 is 5.32 Å². The zero-order valence-corrected chi connectivity index (χ0v) is 9.77. The average molecular weight is 213 g/mol. The predicted molar refractivity (Wildman–Crippen MR) is 62.6 cm³/mol. The van der Waals surface area contributed by atoms with Crippen molar-refractivity contribution in [3.05, 3.63) is 24.2 Å². The molecule has 1 aromatic heterocycles. The lowest BCUT2D eigenvalue weighted by Crippen LogP contribution is -2.21. The average Bonchev–Trinajstić information content (AvgIpc) is 2.67. The molecule has 1 N–H and O–H groups in total. The second-order valence-electron chi connectivity index (χ2n) is 3.51. The first-order chi connectivity index (χ1) is 6.83. The molecule has 1 rings (SSSR count). The number of hydrogen-bond donors (Lipinski definition) is 1. The van der Waals surface area contributed by atoms with Gasteiger partial charge in [0, 0.05) is 0 Å². The molecule has 0 aliphatic carbocycles. The van der Waals surface area contributed by atoms with Gasteiger partial charge in [-0.25, -0.2) is 0 Å². The van der Waals surface area contributed by atoms with Gasteiger partial charge >= 0.3 is 0 Å². The van der Waals surface area contributed by atoms with Gasteiger partial charge in [-0.3, -0.25) is 0 Å². The Balaban J connectivity index is 2.03. The lowest BCUT2D eigenvalue weighted by Gasteiger charge is -2.10. The standard InChI is InChI=1S/C11H19NOS/c1-3-12-7-10(2)8-14-9-11-5-4-6-13-11/h4-6,10,12H,3,7-9H2,1-2H3. The van der Waals surface area contributed by atoms with E-state index in [1.165, 1.54) is 5.75 Å². The number of rotatable bonds is 7. The van der Waals surface area contributed by atoms with Crippen LogP contribution in [0.5, 0.6) is 0 Å². The maximum atomic E-state index is 5.26. The number of nitrogens with one attached hydrogen (secondary N) is 1. The minimum absolute atomic E-state index is 0.731. The quantitative estimate of drug-likeness (QED) is 0.754. The van der Waals surface area contributed by atoms with E-state index in [-0.39, 0.29) is 0 Å². The van der Waals surface area contributed by atoms with Crippen LogP contribution in [0.1, 0.15) is 19.6 Å². The molecule has 0 saturated heterocycles. The van der Waals surface area contributed by atoms with Gasteiger partial charge in [-0.15, -0.1) is 0 Å². The molecule has 2 nitrogen and oxygen atoms in total. The Labute approximate surface area is 90.5 Å². The summed E-state index contributed by atoms with van der Waals surface area (Å²) < 4.78 is 5.26. The summed E-state index contributed by atoms with van der Waals surface area (Å²) in [5.41, 5.74) is 0. The molecule has 0 spiro atoms. The fraction of sp³-hybridized carbons (Fsp3) is 0.636. The van der Waals surface area contributed by atoms with E-state index in [1.54, 1.807) is 6.26 Å². The van der Waals surface area contributed by atoms with E-state index in [0.717, 1.165) is 30.5 Å². The highest BCUT2D eigenvalue weighted by Gasteiger charge is 2.02. The molecular formula is C11H19NOS. The van der Waals surface area contributed by atoms with Crippen LogP contribution in [0.15, 0.2) is 22.8 Å². The monoisotopic (exact) mass is 213 g/mol. The maximum absolute atomic E-state index is 5.26. The first-order valence-electron chi connectivity index (χ1n) is 5.13. The summed E-state index contributed by atoms with van der Waals surface area (Å²) in [5.74, 6) is 3.98. The first-order valence-corrected chi connectivity index (χ1v) is 6.29. The van der Waals surface area contributed by atoms with Crippen LogP contribution in [-0.2, 0) is 5.75 Å². The van der Waals surface area contributed by atoms with Gasteiger partial charge in [0.25, 0.3) is 0 Å². The third kappa shape index (κ3) is 4.72. The predicted octanol–water partition coefficient (Wildman–Crippen LogP) is 2.76. The molecule has 0 fully saturated rings. The first kappa shape index (κ1) is 11.7. The summed E-state index contributed by atoms with van der Waals surface area (Å²) >= 11 is 1.94. The fourth-order valence-electron chi connectivity index (χ4n) is 1.21. The molecule has 80 valence electrons. The van der Waals surface area contributed by atoms with Crippen LogP contribution in [0.25, 0.3) is 0 Å². The summed E-state index contributed by atoms with van der Waals surface area (Å²) in [6.45, 7) is 6.59. The SMILES string of the molecule is CCNCC(C)CSCc1ccco1. The highest BCUT2D eigenvalue weighted by molar-refractivity contribution is 7.98. The minimum Gasteiger partial charge on any atom is -0.468 e. The molecule has 14 heavy (non-hydrogen) atoms. The molecule has 1 aromatic rings. The Morgan fingerprint density at radius 1 is 1.57 bits per heavy atom. The van der Waals surface area contributed by atoms with E-state index in [1.807, 2.05) is 23.9 Å². The Morgan fingerprint density at radius 3 is 3.07 bits per heavy atom. The maximum Gasteiger partial charge on any atom is 0.113 e. The van der Waals surface area contributed by atoms with Gasteiger partial charge in [-0.1, -0.05) is 13.8 Å². The van der Waals surface area contributed by atoms with Crippen molar-refractivity contribution in [1.82, 2.24) is 5.32 Å². The Bertz CT molecular complexity index is 223. The van der Waals surface area contributed by atoms with E-state index in [0.29, 0.717) is 0 Å². The summed E-state index contributed by atoms with van der Waals surface area (Å²) in [6.07, 6.45) is 1.73. The Hall–Kier alpha value is -0.410. The lowest BCUT2D eigenvalue weighted by atomic mass is 10.2. The van der Waals surface area contributed by atoms with Crippen molar-refractivity contribution in [2.45, 2.75) is 19.6 Å². The van der Waals surface area contributed by atoms with Gasteiger partial charge in [-0.2, -0.15) is 11.8 Å². The van der Waals surface area contributed by atoms with Crippen LogP contribution in [0.2, 0.25) is 0 Å². The molecule has 0 aliphatic heterocycles. The van der Waals surface area contributed by atoms with Crippen molar-refractivity contribution in [2.24, 2.45) is 5.92 Å². The molecule has 1 unspecified atom stereocenters. The fourth-order valence-corrected chi connectivity index (χ4v) is 2.21. The summed E-state index contributed by atoms with van der Waals surface area (Å²) in [4.78, 5) is 0. The molecule has 0 aromatic carbocycles. The van der Waals surface area contributed by atoms with Crippen LogP contribution in [-0.4, -0.2) is 18.8 Å². The van der Waals surface area contributed by atoms with Gasteiger partial charge in [0.2, 0.25) is 0 Å². The molecule has 3 heteroatoms. The van der Waals surface area contributed by atoms with E-state index in [9.17, 15) is 0 Å². The topological polar surface area (TPSA) is 25.2 Å². The zero-order chi connectivity index (χ0) is 10.2. The van der Waals surface area contributed by atoms with Crippen molar-refractivity contribution in [3.8, 4) is 0 Å². The van der Waals surface area contributed by atoms with Crippen LogP contribution in [0.4, 0.5) is 0 Å². The van der Waals surface area contributed by atoms with Crippen LogP contribution >= 0.6 is 11.8 Å². The summed E-state index contributed by atoms with van der Waals surface area (Å²) in [5, 5.41) is 3.35. The third-order valence-electron chi connectivity index (χ3n) is 1.97. The lowest BCUT2D eigenvalue weighted by molar-refractivity contribution is 0.529. The van der Waals surface area contributed by atoms with Gasteiger partial charge in [0.1, 0.15) is 5.76 Å². The van der Waals surface area contributed by atoms with Crippen molar-refractivity contribution >= 4 is 11.8 Å². The summed E-state index contributed by atoms with van der Waals surface area (Å²) in [6, 6.07) is 3.97. The van der Waals surface area contributed by atoms with Crippen LogP contribution in [0.3, 0.4) is 0 Å². The van der Waals surface area contributed by atoms with Gasteiger partial charge < -0.3 is 9.73 Å². The van der Waals surface area contributed by atoms with E-state index >= 15 is 0 Å². The van der Waals surface area contributed by atoms with Crippen molar-refractivity contribution in [3.63, 3.8) is 0 Å². The van der Waals surface area contributed by atoms with Gasteiger partial charge in [-0.05, 0) is 36.9 Å². The number of hydrogen-bond acceptors (Lipinski definition) is 3. The second kappa shape index (κ2) is 6.96. The third-order valence-corrected chi connectivity index (χ3v) is 3.26. The Kier molecular flexibility index (Phi) is 5.80. The normalized spacial score (nSPS) is 13.0. The minimum atomic E-state index is 0.731. The molecule has 0 saturated carbocycles. The van der Waals surface area contributed by atoms with E-state index < -0.39 is 0 Å². The molecular weight excluding hydrogens is 194 g/mol. The molecule has 0 aliphatic rings. The molecule has 0 amide bonds. The van der Waals surface area contributed by atoms with Gasteiger partial charge in [0.05, 0.1) is 12.0 Å². The summed E-state index contributed by atoms with van der Waals surface area (Å²) in [7, 11) is 0. The number of thioether (sulfide) groups is 1. The zero-order valence-electron chi connectivity index (χ0n) is 8.95. The second-order valence-corrected chi connectivity index (χ2v) is 4.54. The van der Waals surface area contributed by atoms with Crippen LogP contribution in [0, 0.1) is 5.92 Å². The van der Waals surface area contributed by atoms with Gasteiger partial charge in [0.15, 0.2) is 0 Å². The van der Waals surface area contributed by atoms with E-state index in [4.69, 9.17) is 4.42 Å². The largest absolute Gasteiger partial charge is 0.468 e. The molecule has 0 radical (unpaired) electrons. The van der Waals surface area contributed by atoms with Crippen molar-refractivity contribution in [2.75, 3.05) is 18.8 Å². The Morgan fingerprint density at radius 2 is 2.43 bits per heavy atom.